The molecule has 1 N–H and O–H groups in total. The molecule has 1 atom stereocenters. The van der Waals surface area contributed by atoms with Crippen molar-refractivity contribution in [1.29, 1.82) is 0 Å². The average Bonchev–Trinajstić information content (AvgIpc) is 2.68. The van der Waals surface area contributed by atoms with Crippen LogP contribution in [0.1, 0.15) is 12.8 Å². The molecule has 0 aromatic rings. The number of carbonyl (C=O) groups excluding carboxylic acids is 1. The summed E-state index contributed by atoms with van der Waals surface area (Å²) in [7, 11) is 0.326. The third-order valence-electron chi connectivity index (χ3n) is 4.03. The topological polar surface area (TPSA) is 79.0 Å². The second-order valence-electron chi connectivity index (χ2n) is 5.89. The fraction of sp³-hybridized carbons (Fsp3) is 0.917. The smallest absolute Gasteiger partial charge is 0.319 e. The Labute approximate surface area is 120 Å². The molecule has 2 saturated heterocycles. The fourth-order valence-electron chi connectivity index (χ4n) is 2.98. The van der Waals surface area contributed by atoms with Crippen molar-refractivity contribution in [1.82, 2.24) is 14.5 Å². The Morgan fingerprint density at radius 2 is 2.10 bits per heavy atom. The molecule has 0 radical (unpaired) electrons. The van der Waals surface area contributed by atoms with Crippen LogP contribution in [0.15, 0.2) is 0 Å². The molecule has 0 bridgehead atoms. The first-order chi connectivity index (χ1) is 9.23. The van der Waals surface area contributed by atoms with Gasteiger partial charge in [0.15, 0.2) is 0 Å². The van der Waals surface area contributed by atoms with E-state index >= 15 is 0 Å². The van der Waals surface area contributed by atoms with E-state index in [0.29, 0.717) is 32.2 Å². The van der Waals surface area contributed by atoms with Gasteiger partial charge in [-0.2, -0.15) is 0 Å². The highest BCUT2D eigenvalue weighted by atomic mass is 32.2. The predicted molar refractivity (Wildman–Crippen MR) is 74.9 cm³/mol. The molecule has 1 unspecified atom stereocenters. The second-order valence-corrected chi connectivity index (χ2v) is 7.72. The van der Waals surface area contributed by atoms with Crippen molar-refractivity contribution in [3.05, 3.63) is 0 Å². The van der Waals surface area contributed by atoms with Gasteiger partial charge in [-0.1, -0.05) is 0 Å². The molecule has 0 aromatic heterocycles. The van der Waals surface area contributed by atoms with E-state index in [-0.39, 0.29) is 11.6 Å². The Kier molecular flexibility index (Phi) is 4.27. The first kappa shape index (κ1) is 15.5. The van der Waals surface area contributed by atoms with Gasteiger partial charge < -0.3 is 14.5 Å². The summed E-state index contributed by atoms with van der Waals surface area (Å²) in [5.41, 5.74) is -0.259. The average molecular weight is 305 g/mol. The molecule has 2 aliphatic rings. The van der Waals surface area contributed by atoms with Gasteiger partial charge in [0.05, 0.1) is 19.3 Å². The summed E-state index contributed by atoms with van der Waals surface area (Å²) in [6.45, 7) is 2.32. The Balaban J connectivity index is 1.85. The SMILES string of the molecule is CN(C)C(=O)N1CC2(C1)OCCC2CCNS(C)(=O)=O. The van der Waals surface area contributed by atoms with Gasteiger partial charge in [-0.15, -0.1) is 0 Å². The van der Waals surface area contributed by atoms with E-state index in [1.165, 1.54) is 0 Å². The third-order valence-corrected chi connectivity index (χ3v) is 4.76. The minimum Gasteiger partial charge on any atom is -0.371 e. The molecule has 1 spiro atoms. The minimum absolute atomic E-state index is 0.000800. The number of urea groups is 1. The molecule has 20 heavy (non-hydrogen) atoms. The second kappa shape index (κ2) is 5.50. The summed E-state index contributed by atoms with van der Waals surface area (Å²) >= 11 is 0. The lowest BCUT2D eigenvalue weighted by atomic mass is 9.79. The van der Waals surface area contributed by atoms with E-state index in [0.717, 1.165) is 19.1 Å². The van der Waals surface area contributed by atoms with Crippen LogP contribution in [0.3, 0.4) is 0 Å². The zero-order chi connectivity index (χ0) is 15.0. The van der Waals surface area contributed by atoms with Crippen LogP contribution in [0.2, 0.25) is 0 Å². The standard InChI is InChI=1S/C12H23N3O4S/c1-14(2)11(16)15-8-12(9-15)10(5-7-19-12)4-6-13-20(3,17)18/h10,13H,4-9H2,1-3H3. The summed E-state index contributed by atoms with van der Waals surface area (Å²) in [6, 6.07) is -0.000800. The zero-order valence-corrected chi connectivity index (χ0v) is 13.1. The lowest BCUT2D eigenvalue weighted by Crippen LogP contribution is -2.67. The molecule has 2 amide bonds. The molecule has 2 aliphatic heterocycles. The highest BCUT2D eigenvalue weighted by Gasteiger charge is 2.54. The van der Waals surface area contributed by atoms with Gasteiger partial charge in [0.1, 0.15) is 5.60 Å². The Morgan fingerprint density at radius 1 is 1.45 bits per heavy atom. The molecule has 7 nitrogen and oxygen atoms in total. The molecule has 116 valence electrons. The number of amides is 2. The minimum atomic E-state index is -3.14. The predicted octanol–water partition coefficient (Wildman–Crippen LogP) is -0.302. The monoisotopic (exact) mass is 305 g/mol. The quantitative estimate of drug-likeness (QED) is 0.773. The molecular formula is C12H23N3O4S. The number of rotatable bonds is 4. The Morgan fingerprint density at radius 3 is 2.65 bits per heavy atom. The van der Waals surface area contributed by atoms with Crippen molar-refractivity contribution in [3.8, 4) is 0 Å². The number of hydrogen-bond acceptors (Lipinski definition) is 4. The zero-order valence-electron chi connectivity index (χ0n) is 12.3. The van der Waals surface area contributed by atoms with E-state index < -0.39 is 10.0 Å². The number of likely N-dealkylation sites (tertiary alicyclic amines) is 1. The number of nitrogens with one attached hydrogen (secondary N) is 1. The molecule has 2 fully saturated rings. The number of carbonyl (C=O) groups is 1. The van der Waals surface area contributed by atoms with Crippen molar-refractivity contribution in [2.75, 3.05) is 46.6 Å². The third kappa shape index (κ3) is 3.24. The van der Waals surface area contributed by atoms with E-state index in [1.54, 1.807) is 23.9 Å². The highest BCUT2D eigenvalue weighted by molar-refractivity contribution is 7.88. The molecule has 0 aromatic carbocycles. The van der Waals surface area contributed by atoms with Crippen LogP contribution < -0.4 is 4.72 Å². The number of nitrogens with zero attached hydrogens (tertiary/aromatic N) is 2. The Hall–Kier alpha value is -0.860. The van der Waals surface area contributed by atoms with Gasteiger partial charge in [-0.05, 0) is 18.8 Å². The maximum atomic E-state index is 11.8. The summed E-state index contributed by atoms with van der Waals surface area (Å²) in [5.74, 6) is 0.308. The van der Waals surface area contributed by atoms with Crippen LogP contribution in [-0.4, -0.2) is 76.4 Å². The van der Waals surface area contributed by atoms with Crippen molar-refractivity contribution in [2.24, 2.45) is 5.92 Å². The first-order valence-corrected chi connectivity index (χ1v) is 8.67. The summed E-state index contributed by atoms with van der Waals surface area (Å²) < 4.78 is 30.5. The molecule has 0 aliphatic carbocycles. The van der Waals surface area contributed by atoms with Crippen molar-refractivity contribution < 1.29 is 17.9 Å². The van der Waals surface area contributed by atoms with E-state index in [1.807, 2.05) is 0 Å². The number of ether oxygens (including phenoxy) is 1. The van der Waals surface area contributed by atoms with Crippen LogP contribution in [0.5, 0.6) is 0 Å². The molecule has 2 rings (SSSR count). The summed E-state index contributed by atoms with van der Waals surface area (Å²) in [4.78, 5) is 15.1. The maximum Gasteiger partial charge on any atom is 0.319 e. The van der Waals surface area contributed by atoms with E-state index in [4.69, 9.17) is 4.74 Å². The van der Waals surface area contributed by atoms with Crippen LogP contribution in [0, 0.1) is 5.92 Å². The Bertz CT molecular complexity index is 471. The van der Waals surface area contributed by atoms with Crippen LogP contribution in [-0.2, 0) is 14.8 Å². The van der Waals surface area contributed by atoms with Gasteiger partial charge in [0.25, 0.3) is 0 Å². The summed E-state index contributed by atoms with van der Waals surface area (Å²) in [5, 5.41) is 0. The normalized spacial score (nSPS) is 24.8. The lowest BCUT2D eigenvalue weighted by Gasteiger charge is -2.50. The summed E-state index contributed by atoms with van der Waals surface area (Å²) in [6.07, 6.45) is 2.83. The van der Waals surface area contributed by atoms with Crippen molar-refractivity contribution in [2.45, 2.75) is 18.4 Å². The fourth-order valence-corrected chi connectivity index (χ4v) is 3.47. The van der Waals surface area contributed by atoms with Gasteiger partial charge in [-0.3, -0.25) is 0 Å². The van der Waals surface area contributed by atoms with Gasteiger partial charge in [0, 0.05) is 27.2 Å². The van der Waals surface area contributed by atoms with Crippen LogP contribution in [0.4, 0.5) is 4.79 Å². The van der Waals surface area contributed by atoms with Crippen molar-refractivity contribution in [3.63, 3.8) is 0 Å². The molecular weight excluding hydrogens is 282 g/mol. The highest BCUT2D eigenvalue weighted by Crippen LogP contribution is 2.41. The molecule has 2 heterocycles. The first-order valence-electron chi connectivity index (χ1n) is 6.78. The van der Waals surface area contributed by atoms with Crippen LogP contribution in [0.25, 0.3) is 0 Å². The van der Waals surface area contributed by atoms with Gasteiger partial charge in [-0.25, -0.2) is 17.9 Å². The lowest BCUT2D eigenvalue weighted by molar-refractivity contribution is -0.117. The van der Waals surface area contributed by atoms with Crippen molar-refractivity contribution >= 4 is 16.1 Å². The number of hydrogen-bond donors (Lipinski definition) is 1. The largest absolute Gasteiger partial charge is 0.371 e. The molecule has 0 saturated carbocycles. The molecule has 8 heteroatoms. The van der Waals surface area contributed by atoms with E-state index in [2.05, 4.69) is 4.72 Å². The number of sulfonamides is 1. The van der Waals surface area contributed by atoms with Gasteiger partial charge >= 0.3 is 6.03 Å². The maximum absolute atomic E-state index is 11.8. The van der Waals surface area contributed by atoms with Crippen LogP contribution >= 0.6 is 0 Å². The van der Waals surface area contributed by atoms with Gasteiger partial charge in [0.2, 0.25) is 10.0 Å². The van der Waals surface area contributed by atoms with E-state index in [9.17, 15) is 13.2 Å².